The zero-order valence-electron chi connectivity index (χ0n) is 15.5. The molecule has 0 saturated heterocycles. The largest absolute Gasteiger partial charge is 0.494 e. The van der Waals surface area contributed by atoms with Crippen LogP contribution in [0.1, 0.15) is 5.69 Å². The van der Waals surface area contributed by atoms with Gasteiger partial charge in [-0.15, -0.1) is 0 Å². The molecule has 0 spiro atoms. The molecule has 4 rings (SSSR count). The van der Waals surface area contributed by atoms with Gasteiger partial charge < -0.3 is 9.30 Å². The molecule has 0 bridgehead atoms. The molecule has 0 aliphatic rings. The van der Waals surface area contributed by atoms with E-state index in [0.717, 1.165) is 22.2 Å². The third kappa shape index (κ3) is 3.44. The summed E-state index contributed by atoms with van der Waals surface area (Å²) in [4.78, 5) is 4.42. The van der Waals surface area contributed by atoms with Crippen molar-refractivity contribution in [2.24, 2.45) is 0 Å². The maximum atomic E-state index is 12.8. The van der Waals surface area contributed by atoms with Crippen LogP contribution in [0.3, 0.4) is 0 Å². The molecule has 1 heterocycles. The second kappa shape index (κ2) is 7.01. The normalized spacial score (nSPS) is 11.5. The number of hydrogen-bond donors (Lipinski definition) is 1. The van der Waals surface area contributed by atoms with E-state index in [-0.39, 0.29) is 4.90 Å². The molecule has 0 aliphatic heterocycles. The molecular formula is C21H19N3O3S. The van der Waals surface area contributed by atoms with Crippen LogP contribution in [0.15, 0.2) is 78.1 Å². The van der Waals surface area contributed by atoms with Crippen molar-refractivity contribution in [3.63, 3.8) is 0 Å². The number of hydrogen-bond acceptors (Lipinski definition) is 4. The van der Waals surface area contributed by atoms with E-state index in [1.165, 1.54) is 0 Å². The Morgan fingerprint density at radius 3 is 2.50 bits per heavy atom. The van der Waals surface area contributed by atoms with Gasteiger partial charge in [0, 0.05) is 12.3 Å². The Labute approximate surface area is 163 Å². The average molecular weight is 393 g/mol. The SMILES string of the molecule is COc1cc(NS(=O)(=O)c2ccc3ccccc3c2)ccc1-n1cnc(C)c1. The maximum Gasteiger partial charge on any atom is 0.261 e. The number of fused-ring (bicyclic) bond motifs is 1. The minimum atomic E-state index is -3.73. The van der Waals surface area contributed by atoms with Crippen LogP contribution in [0, 0.1) is 6.92 Å². The topological polar surface area (TPSA) is 73.2 Å². The smallest absolute Gasteiger partial charge is 0.261 e. The first kappa shape index (κ1) is 18.1. The number of aromatic nitrogens is 2. The Bertz CT molecular complexity index is 1260. The molecule has 0 saturated carbocycles. The first-order chi connectivity index (χ1) is 13.5. The van der Waals surface area contributed by atoms with Gasteiger partial charge in [0.15, 0.2) is 0 Å². The van der Waals surface area contributed by atoms with Gasteiger partial charge in [0.1, 0.15) is 5.75 Å². The van der Waals surface area contributed by atoms with E-state index in [2.05, 4.69) is 9.71 Å². The van der Waals surface area contributed by atoms with Gasteiger partial charge in [-0.2, -0.15) is 0 Å². The highest BCUT2D eigenvalue weighted by Gasteiger charge is 2.16. The van der Waals surface area contributed by atoms with Crippen LogP contribution in [0.2, 0.25) is 0 Å². The molecular weight excluding hydrogens is 374 g/mol. The highest BCUT2D eigenvalue weighted by molar-refractivity contribution is 7.92. The van der Waals surface area contributed by atoms with Gasteiger partial charge in [-0.1, -0.05) is 30.3 Å². The van der Waals surface area contributed by atoms with Gasteiger partial charge in [-0.3, -0.25) is 4.72 Å². The summed E-state index contributed by atoms with van der Waals surface area (Å²) in [5.41, 5.74) is 2.07. The van der Waals surface area contributed by atoms with Crippen LogP contribution in [0.25, 0.3) is 16.5 Å². The van der Waals surface area contributed by atoms with Crippen molar-refractivity contribution < 1.29 is 13.2 Å². The predicted octanol–water partition coefficient (Wildman–Crippen LogP) is 4.14. The Hall–Kier alpha value is -3.32. The van der Waals surface area contributed by atoms with Crippen LogP contribution < -0.4 is 9.46 Å². The second-order valence-electron chi connectivity index (χ2n) is 6.42. The van der Waals surface area contributed by atoms with Crippen LogP contribution in [-0.2, 0) is 10.0 Å². The molecule has 4 aromatic rings. The molecule has 6 nitrogen and oxygen atoms in total. The molecule has 0 amide bonds. The van der Waals surface area contributed by atoms with Gasteiger partial charge in [-0.05, 0) is 42.0 Å². The number of sulfonamides is 1. The number of imidazole rings is 1. The molecule has 7 heteroatoms. The molecule has 3 aromatic carbocycles. The molecule has 28 heavy (non-hydrogen) atoms. The average Bonchev–Trinajstić information content (AvgIpc) is 3.13. The molecule has 0 aliphatic carbocycles. The number of nitrogens with one attached hydrogen (secondary N) is 1. The number of methoxy groups -OCH3 is 1. The standard InChI is InChI=1S/C21H19N3O3S/c1-15-13-24(14-22-15)20-10-8-18(12-21(20)27-2)23-28(25,26)19-9-7-16-5-3-4-6-17(16)11-19/h3-14,23H,1-2H3. The minimum absolute atomic E-state index is 0.208. The number of aryl methyl sites for hydroxylation is 1. The first-order valence-electron chi connectivity index (χ1n) is 8.67. The molecule has 0 unspecified atom stereocenters. The third-order valence-electron chi connectivity index (χ3n) is 4.45. The van der Waals surface area contributed by atoms with E-state index >= 15 is 0 Å². The fourth-order valence-electron chi connectivity index (χ4n) is 3.06. The van der Waals surface area contributed by atoms with E-state index < -0.39 is 10.0 Å². The highest BCUT2D eigenvalue weighted by Crippen LogP contribution is 2.28. The molecule has 0 radical (unpaired) electrons. The van der Waals surface area contributed by atoms with E-state index in [4.69, 9.17) is 4.74 Å². The quantitative estimate of drug-likeness (QED) is 0.553. The van der Waals surface area contributed by atoms with Crippen molar-refractivity contribution in [2.45, 2.75) is 11.8 Å². The molecule has 1 N–H and O–H groups in total. The van der Waals surface area contributed by atoms with Gasteiger partial charge in [0.2, 0.25) is 0 Å². The van der Waals surface area contributed by atoms with Crippen molar-refractivity contribution >= 4 is 26.5 Å². The predicted molar refractivity (Wildman–Crippen MR) is 110 cm³/mol. The second-order valence-corrected chi connectivity index (χ2v) is 8.11. The Balaban J connectivity index is 1.67. The van der Waals surface area contributed by atoms with Crippen molar-refractivity contribution in [2.75, 3.05) is 11.8 Å². The Morgan fingerprint density at radius 2 is 1.79 bits per heavy atom. The van der Waals surface area contributed by atoms with E-state index in [1.54, 1.807) is 49.8 Å². The third-order valence-corrected chi connectivity index (χ3v) is 5.83. The number of nitrogens with zero attached hydrogens (tertiary/aromatic N) is 2. The van der Waals surface area contributed by atoms with Gasteiger partial charge in [0.25, 0.3) is 10.0 Å². The highest BCUT2D eigenvalue weighted by atomic mass is 32.2. The lowest BCUT2D eigenvalue weighted by atomic mass is 10.1. The number of ether oxygens (including phenoxy) is 1. The number of anilines is 1. The summed E-state index contributed by atoms with van der Waals surface area (Å²) in [7, 11) is -2.18. The molecule has 0 fully saturated rings. The van der Waals surface area contributed by atoms with E-state index in [1.807, 2.05) is 42.0 Å². The van der Waals surface area contributed by atoms with Gasteiger partial charge >= 0.3 is 0 Å². The summed E-state index contributed by atoms with van der Waals surface area (Å²) < 4.78 is 35.6. The van der Waals surface area contributed by atoms with E-state index in [9.17, 15) is 8.42 Å². The first-order valence-corrected chi connectivity index (χ1v) is 10.2. The van der Waals surface area contributed by atoms with Crippen LogP contribution in [0.5, 0.6) is 5.75 Å². The Morgan fingerprint density at radius 1 is 1.00 bits per heavy atom. The van der Waals surface area contributed by atoms with Gasteiger partial charge in [0.05, 0.1) is 35.4 Å². The lowest BCUT2D eigenvalue weighted by Gasteiger charge is -2.13. The summed E-state index contributed by atoms with van der Waals surface area (Å²) in [5, 5.41) is 1.86. The lowest BCUT2D eigenvalue weighted by Crippen LogP contribution is -2.13. The van der Waals surface area contributed by atoms with Crippen LogP contribution in [0.4, 0.5) is 5.69 Å². The molecule has 1 aromatic heterocycles. The fourth-order valence-corrected chi connectivity index (χ4v) is 4.14. The lowest BCUT2D eigenvalue weighted by molar-refractivity contribution is 0.413. The monoisotopic (exact) mass is 393 g/mol. The van der Waals surface area contributed by atoms with Gasteiger partial charge in [-0.25, -0.2) is 13.4 Å². The fraction of sp³-hybridized carbons (Fsp3) is 0.0952. The van der Waals surface area contributed by atoms with Crippen LogP contribution in [-0.4, -0.2) is 25.1 Å². The van der Waals surface area contributed by atoms with Crippen molar-refractivity contribution in [3.05, 3.63) is 78.9 Å². The summed E-state index contributed by atoms with van der Waals surface area (Å²) in [6, 6.07) is 17.8. The minimum Gasteiger partial charge on any atom is -0.494 e. The molecule has 142 valence electrons. The maximum absolute atomic E-state index is 12.8. The summed E-state index contributed by atoms with van der Waals surface area (Å²) in [6.45, 7) is 1.90. The number of benzene rings is 3. The van der Waals surface area contributed by atoms with Crippen LogP contribution >= 0.6 is 0 Å². The van der Waals surface area contributed by atoms with Crippen molar-refractivity contribution in [1.29, 1.82) is 0 Å². The van der Waals surface area contributed by atoms with Crippen molar-refractivity contribution in [1.82, 2.24) is 9.55 Å². The van der Waals surface area contributed by atoms with E-state index in [0.29, 0.717) is 11.4 Å². The Kier molecular flexibility index (Phi) is 4.52. The summed E-state index contributed by atoms with van der Waals surface area (Å²) in [6.07, 6.45) is 3.56. The zero-order chi connectivity index (χ0) is 19.7. The number of rotatable bonds is 5. The van der Waals surface area contributed by atoms with Crippen molar-refractivity contribution in [3.8, 4) is 11.4 Å². The zero-order valence-corrected chi connectivity index (χ0v) is 16.3. The summed E-state index contributed by atoms with van der Waals surface area (Å²) >= 11 is 0. The molecule has 0 atom stereocenters. The summed E-state index contributed by atoms with van der Waals surface area (Å²) in [5.74, 6) is 0.538.